The number of hydrogen-bond donors (Lipinski definition) is 1. The van der Waals surface area contributed by atoms with Crippen LogP contribution in [0.1, 0.15) is 96.8 Å². The average Bonchev–Trinajstić information content (AvgIpc) is 2.66. The minimum Gasteiger partial charge on any atom is -0.481 e. The number of allylic oxidation sites excluding steroid dienone is 2. The molecular weight excluding hydrogens is 322 g/mol. The summed E-state index contributed by atoms with van der Waals surface area (Å²) in [7, 11) is 0. The Labute approximate surface area is 160 Å². The highest BCUT2D eigenvalue weighted by molar-refractivity contribution is 5.66. The molecule has 1 rings (SSSR count). The molecule has 0 aromatic carbocycles. The van der Waals surface area contributed by atoms with Crippen LogP contribution in [0.15, 0.2) is 42.7 Å². The lowest BCUT2D eigenvalue weighted by Crippen LogP contribution is -1.93. The first-order chi connectivity index (χ1) is 12.8. The van der Waals surface area contributed by atoms with Crippen LogP contribution >= 0.6 is 0 Å². The first-order valence-corrected chi connectivity index (χ1v) is 10.5. The molecule has 0 unspecified atom stereocenters. The van der Waals surface area contributed by atoms with Gasteiger partial charge in [-0.05, 0) is 44.2 Å². The van der Waals surface area contributed by atoms with Gasteiger partial charge in [0.15, 0.2) is 0 Å². The Morgan fingerprint density at radius 3 is 1.69 bits per heavy atom. The van der Waals surface area contributed by atoms with Gasteiger partial charge in [-0.1, -0.05) is 76.5 Å². The highest BCUT2D eigenvalue weighted by Gasteiger charge is 1.95. The monoisotopic (exact) mass is 361 g/mol. The Morgan fingerprint density at radius 1 is 0.769 bits per heavy atom. The van der Waals surface area contributed by atoms with Crippen molar-refractivity contribution >= 4 is 5.97 Å². The molecule has 0 fully saturated rings. The molecule has 148 valence electrons. The molecule has 0 bridgehead atoms. The Balaban J connectivity index is 0.000000867. The molecule has 1 aromatic heterocycles. The Hall–Kier alpha value is -1.64. The van der Waals surface area contributed by atoms with Gasteiger partial charge >= 0.3 is 5.97 Å². The first-order valence-electron chi connectivity index (χ1n) is 10.5. The van der Waals surface area contributed by atoms with Gasteiger partial charge in [-0.2, -0.15) is 0 Å². The lowest BCUT2D eigenvalue weighted by atomic mass is 10.1. The fourth-order valence-corrected chi connectivity index (χ4v) is 2.66. The third-order valence-corrected chi connectivity index (χ3v) is 4.22. The predicted octanol–water partition coefficient (Wildman–Crippen LogP) is 7.19. The molecule has 0 aliphatic carbocycles. The number of carboxylic acid groups (broad SMARTS) is 1. The zero-order valence-corrected chi connectivity index (χ0v) is 16.7. The second-order valence-electron chi connectivity index (χ2n) is 6.75. The molecule has 0 radical (unpaired) electrons. The van der Waals surface area contributed by atoms with Crippen molar-refractivity contribution in [3.63, 3.8) is 0 Å². The number of aliphatic carboxylic acids is 1. The van der Waals surface area contributed by atoms with Gasteiger partial charge in [-0.25, -0.2) is 0 Å². The van der Waals surface area contributed by atoms with Crippen molar-refractivity contribution in [2.75, 3.05) is 0 Å². The Bertz CT molecular complexity index is 391. The number of pyridine rings is 1. The van der Waals surface area contributed by atoms with E-state index < -0.39 is 5.97 Å². The fourth-order valence-electron chi connectivity index (χ4n) is 2.66. The zero-order chi connectivity index (χ0) is 19.1. The summed E-state index contributed by atoms with van der Waals surface area (Å²) in [6.45, 7) is 2.26. The van der Waals surface area contributed by atoms with E-state index >= 15 is 0 Å². The van der Waals surface area contributed by atoms with Gasteiger partial charge < -0.3 is 5.11 Å². The Kier molecular flexibility index (Phi) is 20.1. The maximum atomic E-state index is 10.3. The van der Waals surface area contributed by atoms with Crippen molar-refractivity contribution < 1.29 is 9.90 Å². The van der Waals surface area contributed by atoms with Gasteiger partial charge in [-0.3, -0.25) is 9.78 Å². The zero-order valence-electron chi connectivity index (χ0n) is 16.7. The van der Waals surface area contributed by atoms with Crippen LogP contribution in [0.25, 0.3) is 0 Å². The molecule has 0 saturated heterocycles. The number of aromatic nitrogens is 1. The van der Waals surface area contributed by atoms with E-state index in [2.05, 4.69) is 24.1 Å². The van der Waals surface area contributed by atoms with Crippen LogP contribution in [0.3, 0.4) is 0 Å². The lowest BCUT2D eigenvalue weighted by molar-refractivity contribution is -0.137. The lowest BCUT2D eigenvalue weighted by Gasteiger charge is -1.99. The van der Waals surface area contributed by atoms with E-state index in [4.69, 9.17) is 5.11 Å². The summed E-state index contributed by atoms with van der Waals surface area (Å²) in [5, 5.41) is 8.51. The highest BCUT2D eigenvalue weighted by Crippen LogP contribution is 2.09. The summed E-state index contributed by atoms with van der Waals surface area (Å²) < 4.78 is 0. The molecule has 3 nitrogen and oxygen atoms in total. The third-order valence-electron chi connectivity index (χ3n) is 4.22. The van der Waals surface area contributed by atoms with Crippen LogP contribution in [-0.4, -0.2) is 16.1 Å². The quantitative estimate of drug-likeness (QED) is 0.265. The molecule has 0 saturated carbocycles. The molecule has 3 heteroatoms. The first kappa shape index (κ1) is 24.4. The van der Waals surface area contributed by atoms with Crippen LogP contribution in [0.4, 0.5) is 0 Å². The summed E-state index contributed by atoms with van der Waals surface area (Å²) in [6.07, 6.45) is 24.7. The van der Waals surface area contributed by atoms with E-state index in [0.29, 0.717) is 6.42 Å². The second-order valence-corrected chi connectivity index (χ2v) is 6.75. The molecule has 0 spiro atoms. The number of unbranched alkanes of at least 4 members (excludes halogenated alkanes) is 11. The summed E-state index contributed by atoms with van der Waals surface area (Å²) >= 11 is 0. The topological polar surface area (TPSA) is 50.2 Å². The summed E-state index contributed by atoms with van der Waals surface area (Å²) in [6, 6.07) is 5.72. The van der Waals surface area contributed by atoms with Crippen molar-refractivity contribution in [1.82, 2.24) is 4.98 Å². The molecular formula is C23H39NO2. The SMILES string of the molecule is CCCCCCCCC=CCCCCCCCC(=O)O.c1ccncc1. The predicted molar refractivity (Wildman–Crippen MR) is 111 cm³/mol. The maximum absolute atomic E-state index is 10.3. The number of rotatable bonds is 15. The van der Waals surface area contributed by atoms with Crippen molar-refractivity contribution in [2.24, 2.45) is 0 Å². The number of hydrogen-bond acceptors (Lipinski definition) is 2. The van der Waals surface area contributed by atoms with Gasteiger partial charge in [0.25, 0.3) is 0 Å². The summed E-state index contributed by atoms with van der Waals surface area (Å²) in [5.41, 5.74) is 0. The molecule has 26 heavy (non-hydrogen) atoms. The van der Waals surface area contributed by atoms with Gasteiger partial charge in [0.2, 0.25) is 0 Å². The molecule has 0 amide bonds. The summed E-state index contributed by atoms with van der Waals surface area (Å²) in [5.74, 6) is -0.664. The smallest absolute Gasteiger partial charge is 0.303 e. The molecule has 1 aromatic rings. The van der Waals surface area contributed by atoms with Crippen molar-refractivity contribution in [1.29, 1.82) is 0 Å². The second kappa shape index (κ2) is 21.4. The highest BCUT2D eigenvalue weighted by atomic mass is 16.4. The van der Waals surface area contributed by atoms with Crippen molar-refractivity contribution in [3.8, 4) is 0 Å². The number of carbonyl (C=O) groups is 1. The van der Waals surface area contributed by atoms with Gasteiger partial charge in [-0.15, -0.1) is 0 Å². The maximum Gasteiger partial charge on any atom is 0.303 e. The van der Waals surface area contributed by atoms with Gasteiger partial charge in [0, 0.05) is 18.8 Å². The minimum atomic E-state index is -0.664. The van der Waals surface area contributed by atoms with Crippen LogP contribution in [0, 0.1) is 0 Å². The van der Waals surface area contributed by atoms with Gasteiger partial charge in [0.1, 0.15) is 0 Å². The van der Waals surface area contributed by atoms with E-state index in [9.17, 15) is 4.79 Å². The Morgan fingerprint density at radius 2 is 1.27 bits per heavy atom. The number of carboxylic acids is 1. The number of nitrogens with zero attached hydrogens (tertiary/aromatic N) is 1. The average molecular weight is 362 g/mol. The van der Waals surface area contributed by atoms with Crippen molar-refractivity contribution in [2.45, 2.75) is 96.8 Å². The van der Waals surface area contributed by atoms with E-state index in [1.807, 2.05) is 18.2 Å². The van der Waals surface area contributed by atoms with Crippen LogP contribution in [0.2, 0.25) is 0 Å². The minimum absolute atomic E-state index is 0.332. The summed E-state index contributed by atoms with van der Waals surface area (Å²) in [4.78, 5) is 14.1. The van der Waals surface area contributed by atoms with E-state index in [1.54, 1.807) is 12.4 Å². The third kappa shape index (κ3) is 22.4. The van der Waals surface area contributed by atoms with Gasteiger partial charge in [0.05, 0.1) is 0 Å². The van der Waals surface area contributed by atoms with Crippen LogP contribution < -0.4 is 0 Å². The fraction of sp³-hybridized carbons (Fsp3) is 0.652. The standard InChI is InChI=1S/C18H34O2.C5H5N/c1-2-3-4-5-6-7-8-9-10-11-12-13-14-15-16-17-18(19)20;1-2-4-6-5-3-1/h9-10H,2-8,11-17H2,1H3,(H,19,20);1-5H. The molecule has 0 atom stereocenters. The van der Waals surface area contributed by atoms with Crippen molar-refractivity contribution in [3.05, 3.63) is 42.7 Å². The van der Waals surface area contributed by atoms with E-state index in [0.717, 1.165) is 12.8 Å². The molecule has 1 heterocycles. The van der Waals surface area contributed by atoms with E-state index in [-0.39, 0.29) is 0 Å². The molecule has 0 aliphatic rings. The van der Waals surface area contributed by atoms with E-state index in [1.165, 1.54) is 70.6 Å². The van der Waals surface area contributed by atoms with Crippen LogP contribution in [0.5, 0.6) is 0 Å². The normalized spacial score (nSPS) is 10.5. The van der Waals surface area contributed by atoms with Crippen LogP contribution in [-0.2, 0) is 4.79 Å². The molecule has 0 aliphatic heterocycles. The molecule has 1 N–H and O–H groups in total. The largest absolute Gasteiger partial charge is 0.481 e.